The van der Waals surface area contributed by atoms with Gasteiger partial charge in [-0.05, 0) is 66.3 Å². The molecule has 6 rings (SSSR count). The third kappa shape index (κ3) is 7.75. The lowest BCUT2D eigenvalue weighted by Crippen LogP contribution is -2.40. The summed E-state index contributed by atoms with van der Waals surface area (Å²) in [6.07, 6.45) is 1.36. The number of nitrogens with one attached hydrogen (secondary N) is 2. The van der Waals surface area contributed by atoms with Crippen molar-refractivity contribution < 1.29 is 17.9 Å². The van der Waals surface area contributed by atoms with E-state index in [4.69, 9.17) is 14.7 Å². The molecule has 1 fully saturated rings. The van der Waals surface area contributed by atoms with E-state index in [0.29, 0.717) is 44.8 Å². The van der Waals surface area contributed by atoms with E-state index < -0.39 is 16.1 Å². The fourth-order valence-electron chi connectivity index (χ4n) is 6.19. The molecule has 2 aromatic heterocycles. The van der Waals surface area contributed by atoms with Crippen LogP contribution in [0.1, 0.15) is 40.7 Å². The molecule has 0 saturated carbocycles. The second-order valence-electron chi connectivity index (χ2n) is 12.2. The molecule has 3 heterocycles. The molecule has 0 aliphatic carbocycles. The number of hydrogen-bond donors (Lipinski definition) is 2. The van der Waals surface area contributed by atoms with E-state index in [1.54, 1.807) is 6.07 Å². The SMILES string of the molecule is CCc1nc2c(C)cc(C)nc2n1Cc1ccc(-c2cc(CN3CCOCC3)ccc2S(=O)(=O)NC(=O)NCCc2ccccc2)cc1. The Kier molecular flexibility index (Phi) is 10.2. The summed E-state index contributed by atoms with van der Waals surface area (Å²) < 4.78 is 37.3. The van der Waals surface area contributed by atoms with Crippen LogP contribution < -0.4 is 10.0 Å². The minimum absolute atomic E-state index is 0.0446. The van der Waals surface area contributed by atoms with E-state index in [-0.39, 0.29) is 4.90 Å². The van der Waals surface area contributed by atoms with Gasteiger partial charge in [-0.1, -0.05) is 67.6 Å². The number of carbonyl (C=O) groups is 1. The fraction of sp³-hybridized carbons (Fsp3) is 0.324. The Bertz CT molecular complexity index is 2000. The average molecular weight is 667 g/mol. The van der Waals surface area contributed by atoms with E-state index in [1.165, 1.54) is 0 Å². The first-order valence-electron chi connectivity index (χ1n) is 16.4. The molecule has 3 aromatic carbocycles. The molecule has 1 aliphatic rings. The van der Waals surface area contributed by atoms with Crippen molar-refractivity contribution in [2.45, 2.75) is 51.6 Å². The van der Waals surface area contributed by atoms with E-state index in [9.17, 15) is 13.2 Å². The number of ether oxygens (including phenoxy) is 1. The molecule has 0 bridgehead atoms. The van der Waals surface area contributed by atoms with Gasteiger partial charge in [-0.2, -0.15) is 0 Å². The second-order valence-corrected chi connectivity index (χ2v) is 13.9. The summed E-state index contributed by atoms with van der Waals surface area (Å²) in [5.41, 5.74) is 8.18. The number of urea groups is 1. The Morgan fingerprint density at radius 2 is 1.60 bits per heavy atom. The maximum atomic E-state index is 13.7. The van der Waals surface area contributed by atoms with Crippen LogP contribution in [0, 0.1) is 13.8 Å². The number of imidazole rings is 1. The summed E-state index contributed by atoms with van der Waals surface area (Å²) in [5, 5.41) is 2.68. The predicted molar refractivity (Wildman–Crippen MR) is 187 cm³/mol. The topological polar surface area (TPSA) is 118 Å². The van der Waals surface area contributed by atoms with Crippen molar-refractivity contribution >= 4 is 27.2 Å². The number of aryl methyl sites for hydroxylation is 3. The maximum absolute atomic E-state index is 13.7. The van der Waals surface area contributed by atoms with Gasteiger partial charge in [-0.3, -0.25) is 4.90 Å². The van der Waals surface area contributed by atoms with Crippen LogP contribution >= 0.6 is 0 Å². The van der Waals surface area contributed by atoms with Crippen molar-refractivity contribution in [3.8, 4) is 11.1 Å². The average Bonchev–Trinajstić information content (AvgIpc) is 3.43. The lowest BCUT2D eigenvalue weighted by atomic mass is 10.0. The van der Waals surface area contributed by atoms with Crippen LogP contribution in [-0.2, 0) is 40.7 Å². The van der Waals surface area contributed by atoms with Gasteiger partial charge in [0.25, 0.3) is 10.0 Å². The molecule has 48 heavy (non-hydrogen) atoms. The highest BCUT2D eigenvalue weighted by Gasteiger charge is 2.23. The first kappa shape index (κ1) is 33.3. The summed E-state index contributed by atoms with van der Waals surface area (Å²) in [6, 6.07) is 24.2. The van der Waals surface area contributed by atoms with Crippen LogP contribution in [-0.4, -0.2) is 66.7 Å². The fourth-order valence-corrected chi connectivity index (χ4v) is 7.33. The van der Waals surface area contributed by atoms with Gasteiger partial charge >= 0.3 is 6.03 Å². The molecule has 0 unspecified atom stereocenters. The van der Waals surface area contributed by atoms with Gasteiger partial charge in [0.05, 0.1) is 24.7 Å². The van der Waals surface area contributed by atoms with Crippen LogP contribution in [0.3, 0.4) is 0 Å². The number of sulfonamides is 1. The Labute approximate surface area is 282 Å². The van der Waals surface area contributed by atoms with Gasteiger partial charge in [0, 0.05) is 43.9 Å². The van der Waals surface area contributed by atoms with Gasteiger partial charge in [0.15, 0.2) is 5.65 Å². The minimum Gasteiger partial charge on any atom is -0.379 e. The van der Waals surface area contributed by atoms with Gasteiger partial charge in [-0.15, -0.1) is 0 Å². The molecule has 0 spiro atoms. The number of aromatic nitrogens is 3. The van der Waals surface area contributed by atoms with E-state index in [1.807, 2.05) is 73.7 Å². The molecule has 0 radical (unpaired) electrons. The molecule has 10 nitrogen and oxygen atoms in total. The van der Waals surface area contributed by atoms with Crippen molar-refractivity contribution in [1.29, 1.82) is 0 Å². The highest BCUT2D eigenvalue weighted by atomic mass is 32.2. The van der Waals surface area contributed by atoms with Crippen LogP contribution in [0.25, 0.3) is 22.3 Å². The smallest absolute Gasteiger partial charge is 0.328 e. The summed E-state index contributed by atoms with van der Waals surface area (Å²) in [6.45, 7) is 10.7. The maximum Gasteiger partial charge on any atom is 0.328 e. The number of rotatable bonds is 11. The van der Waals surface area contributed by atoms with Crippen molar-refractivity contribution in [1.82, 2.24) is 29.5 Å². The van der Waals surface area contributed by atoms with Crippen LogP contribution in [0.15, 0.2) is 83.8 Å². The first-order chi connectivity index (χ1) is 23.2. The number of hydrogen-bond acceptors (Lipinski definition) is 7. The minimum atomic E-state index is -4.19. The largest absolute Gasteiger partial charge is 0.379 e. The molecule has 11 heteroatoms. The number of benzene rings is 3. The number of morpholine rings is 1. The first-order valence-corrected chi connectivity index (χ1v) is 17.9. The van der Waals surface area contributed by atoms with E-state index >= 15 is 0 Å². The summed E-state index contributed by atoms with van der Waals surface area (Å²) in [4.78, 5) is 24.8. The Morgan fingerprint density at radius 3 is 2.33 bits per heavy atom. The highest BCUT2D eigenvalue weighted by molar-refractivity contribution is 7.90. The molecule has 0 atom stereocenters. The Morgan fingerprint density at radius 1 is 0.875 bits per heavy atom. The number of carbonyl (C=O) groups excluding carboxylic acids is 1. The number of pyridine rings is 1. The van der Waals surface area contributed by atoms with Gasteiger partial charge in [0.1, 0.15) is 11.3 Å². The standard InChI is InChI=1S/C37H42N6O4S/c1-4-34-40-35-26(2)22-27(3)39-36(35)43(34)25-29-10-13-31(14-11-29)32-23-30(24-42-18-20-47-21-19-42)12-15-33(32)48(45,46)41-37(44)38-17-16-28-8-6-5-7-9-28/h5-15,22-23H,4,16-21,24-25H2,1-3H3,(H2,38,41,44). The zero-order valence-corrected chi connectivity index (χ0v) is 28.5. The van der Waals surface area contributed by atoms with E-state index in [2.05, 4.69) is 39.4 Å². The van der Waals surface area contributed by atoms with E-state index in [0.717, 1.165) is 70.0 Å². The third-order valence-corrected chi connectivity index (χ3v) is 10.0. The second kappa shape index (κ2) is 14.7. The molecule has 1 saturated heterocycles. The van der Waals surface area contributed by atoms with Gasteiger partial charge in [-0.25, -0.2) is 27.9 Å². The summed E-state index contributed by atoms with van der Waals surface area (Å²) in [5.74, 6) is 0.965. The summed E-state index contributed by atoms with van der Waals surface area (Å²) >= 11 is 0. The molecule has 2 N–H and O–H groups in total. The molecular weight excluding hydrogens is 625 g/mol. The lowest BCUT2D eigenvalue weighted by molar-refractivity contribution is 0.0342. The zero-order valence-electron chi connectivity index (χ0n) is 27.7. The summed E-state index contributed by atoms with van der Waals surface area (Å²) in [7, 11) is -4.19. The van der Waals surface area contributed by atoms with Crippen LogP contribution in [0.5, 0.6) is 0 Å². The lowest BCUT2D eigenvalue weighted by Gasteiger charge is -2.27. The third-order valence-electron chi connectivity index (χ3n) is 8.64. The van der Waals surface area contributed by atoms with Gasteiger partial charge in [0.2, 0.25) is 0 Å². The number of nitrogens with zero attached hydrogens (tertiary/aromatic N) is 4. The molecule has 1 aliphatic heterocycles. The number of amides is 2. The molecule has 2 amide bonds. The van der Waals surface area contributed by atoms with Crippen LogP contribution in [0.4, 0.5) is 4.79 Å². The number of fused-ring (bicyclic) bond motifs is 1. The normalized spacial score (nSPS) is 13.9. The quantitative estimate of drug-likeness (QED) is 0.194. The zero-order chi connectivity index (χ0) is 33.7. The van der Waals surface area contributed by atoms with Crippen molar-refractivity contribution in [3.05, 3.63) is 113 Å². The van der Waals surface area contributed by atoms with Crippen molar-refractivity contribution in [2.75, 3.05) is 32.8 Å². The predicted octanol–water partition coefficient (Wildman–Crippen LogP) is 5.39. The Hall–Kier alpha value is -4.58. The monoisotopic (exact) mass is 666 g/mol. The van der Waals surface area contributed by atoms with Crippen LogP contribution in [0.2, 0.25) is 0 Å². The van der Waals surface area contributed by atoms with Gasteiger partial charge < -0.3 is 14.6 Å². The highest BCUT2D eigenvalue weighted by Crippen LogP contribution is 2.30. The Balaban J connectivity index is 1.26. The molecule has 250 valence electrons. The van der Waals surface area contributed by atoms with Crippen molar-refractivity contribution in [2.24, 2.45) is 0 Å². The molecular formula is C37H42N6O4S. The molecule has 5 aromatic rings. The van der Waals surface area contributed by atoms with Crippen molar-refractivity contribution in [3.63, 3.8) is 0 Å².